The van der Waals surface area contributed by atoms with Crippen LogP contribution in [-0.4, -0.2) is 58.5 Å². The van der Waals surface area contributed by atoms with Crippen molar-refractivity contribution >= 4 is 46.0 Å². The zero-order valence-electron chi connectivity index (χ0n) is 25.9. The molecule has 5 unspecified atom stereocenters. The van der Waals surface area contributed by atoms with E-state index < -0.39 is 85.2 Å². The molecule has 0 saturated carbocycles. The molecule has 3 aromatic rings. The van der Waals surface area contributed by atoms with E-state index in [1.54, 1.807) is 36.4 Å². The molecule has 0 aliphatic carbocycles. The number of aliphatic hydroxyl groups is 2. The minimum Gasteiger partial charge on any atom is -0.756 e. The Labute approximate surface area is 291 Å². The lowest BCUT2D eigenvalue weighted by atomic mass is 10.1. The smallest absolute Gasteiger partial charge is 0.416 e. The number of phosphoric acid groups is 3. The van der Waals surface area contributed by atoms with Crippen LogP contribution in [-0.2, 0) is 53.6 Å². The highest BCUT2D eigenvalue weighted by Gasteiger charge is 2.49. The van der Waals surface area contributed by atoms with Crippen LogP contribution in [0.1, 0.15) is 16.7 Å². The van der Waals surface area contributed by atoms with Crippen molar-refractivity contribution in [3.8, 4) is 0 Å². The number of nitrogens with zero attached hydrogens (tertiary/aromatic N) is 1. The van der Waals surface area contributed by atoms with Crippen molar-refractivity contribution in [1.82, 2.24) is 10.2 Å². The van der Waals surface area contributed by atoms with Gasteiger partial charge >= 0.3 is 12.2 Å². The van der Waals surface area contributed by atoms with E-state index in [0.717, 1.165) is 40.1 Å². The molecule has 17 nitrogen and oxygen atoms in total. The minimum absolute atomic E-state index is 0.0284. The van der Waals surface area contributed by atoms with Gasteiger partial charge in [-0.1, -0.05) is 48.5 Å². The molecule has 3 heterocycles. The van der Waals surface area contributed by atoms with Gasteiger partial charge in [0.15, 0.2) is 6.23 Å². The van der Waals surface area contributed by atoms with Gasteiger partial charge in [-0.25, -0.2) is 13.4 Å². The highest BCUT2D eigenvalue weighted by molar-refractivity contribution is 7.65. The quantitative estimate of drug-likeness (QED) is 0.223. The van der Waals surface area contributed by atoms with Crippen LogP contribution in [0.25, 0.3) is 16.5 Å². The van der Waals surface area contributed by atoms with Crippen LogP contribution in [0.4, 0.5) is 18.0 Å². The first-order valence-electron chi connectivity index (χ1n) is 14.8. The summed E-state index contributed by atoms with van der Waals surface area (Å²) in [5.74, 6) is -0.0284. The summed E-state index contributed by atoms with van der Waals surface area (Å²) in [6, 6.07) is 15.0. The summed E-state index contributed by atoms with van der Waals surface area (Å²) in [6.07, 6.45) is -10.6. The fourth-order valence-corrected chi connectivity index (χ4v) is 8.68. The summed E-state index contributed by atoms with van der Waals surface area (Å²) in [5.41, 5.74) is -0.406. The van der Waals surface area contributed by atoms with Crippen molar-refractivity contribution in [2.75, 3.05) is 6.61 Å². The third-order valence-corrected chi connectivity index (χ3v) is 11.8. The molecule has 2 amide bonds. The van der Waals surface area contributed by atoms with E-state index in [4.69, 9.17) is 9.47 Å². The number of hydrogen-bond donors (Lipinski definition) is 3. The average Bonchev–Trinajstić information content (AvgIpc) is 3.60. The molecule has 280 valence electrons. The molecule has 1 fully saturated rings. The zero-order valence-corrected chi connectivity index (χ0v) is 28.6. The molecule has 8 atom stereocenters. The second-order valence-electron chi connectivity index (χ2n) is 11.4. The maximum Gasteiger partial charge on any atom is 0.416 e. The lowest BCUT2D eigenvalue weighted by molar-refractivity contribution is -0.252. The third-order valence-electron chi connectivity index (χ3n) is 7.71. The van der Waals surface area contributed by atoms with Crippen LogP contribution in [0.2, 0.25) is 0 Å². The summed E-state index contributed by atoms with van der Waals surface area (Å²) in [5, 5.41) is 25.0. The van der Waals surface area contributed by atoms with Crippen molar-refractivity contribution in [1.29, 1.82) is 0 Å². The second-order valence-corrected chi connectivity index (χ2v) is 15.9. The highest BCUT2D eigenvalue weighted by atomic mass is 31.3. The number of carbonyl (C=O) groups is 1. The second kappa shape index (κ2) is 14.4. The van der Waals surface area contributed by atoms with Crippen molar-refractivity contribution in [3.05, 3.63) is 101 Å². The zero-order chi connectivity index (χ0) is 37.6. The normalized spacial score (nSPS) is 26.7. The van der Waals surface area contributed by atoms with Crippen molar-refractivity contribution in [2.24, 2.45) is 0 Å². The van der Waals surface area contributed by atoms with Gasteiger partial charge in [0.1, 0.15) is 24.1 Å². The van der Waals surface area contributed by atoms with Gasteiger partial charge in [-0.3, -0.25) is 23.9 Å². The Hall–Kier alpha value is -3.45. The fraction of sp³-hybridized carbons (Fsp3) is 0.276. The number of alkyl halides is 3. The Bertz CT molecular complexity index is 2080. The molecule has 0 aromatic heterocycles. The average molecular weight is 791 g/mol. The van der Waals surface area contributed by atoms with Crippen LogP contribution >= 0.6 is 23.5 Å². The highest BCUT2D eigenvalue weighted by Crippen LogP contribution is 2.63. The first-order valence-corrected chi connectivity index (χ1v) is 19.2. The number of phosphoric ester groups is 2. The molecule has 0 spiro atoms. The number of aliphatic hydroxyl groups excluding tert-OH is 2. The van der Waals surface area contributed by atoms with E-state index in [9.17, 15) is 56.6 Å². The molecule has 0 bridgehead atoms. The molecule has 3 N–H and O–H groups in total. The molecular formula is C29H25F3N2O15P3-3. The maximum absolute atomic E-state index is 13.2. The van der Waals surface area contributed by atoms with E-state index in [1.165, 1.54) is 18.2 Å². The lowest BCUT2D eigenvalue weighted by Crippen LogP contribution is -2.54. The predicted octanol–water partition coefficient (Wildman–Crippen LogP) is 2.58. The standard InChI is InChI=1S/C29H28F3N2O15P3/c30-29(31,32)21-7-3-6-19(11-21)22-12-20-13-34(28(37)33-26(20)46-22)27-25(36)24(35)23(47-27)15-45-51(40,41)49-52(42,43)48-50(38,39)44-14-16-8-9-17-4-1-2-5-18(17)10-16/h1-13,23-27,35-36H,14-15H2,(H,33,37)(H,38,39)(H,40,41)(H,42,43)/p-3/t23-,24+,25?,26?,27-/m1/s1. The van der Waals surface area contributed by atoms with Crippen LogP contribution < -0.4 is 20.0 Å². The van der Waals surface area contributed by atoms with E-state index >= 15 is 0 Å². The molecular weight excluding hydrogens is 766 g/mol. The lowest BCUT2D eigenvalue weighted by Gasteiger charge is -2.34. The summed E-state index contributed by atoms with van der Waals surface area (Å²) >= 11 is 0. The van der Waals surface area contributed by atoms with Gasteiger partial charge in [0.05, 0.1) is 18.8 Å². The summed E-state index contributed by atoms with van der Waals surface area (Å²) in [6.45, 7) is -1.88. The monoisotopic (exact) mass is 791 g/mol. The van der Waals surface area contributed by atoms with E-state index in [1.807, 2.05) is 0 Å². The summed E-state index contributed by atoms with van der Waals surface area (Å²) < 4.78 is 104. The fourth-order valence-electron chi connectivity index (χ4n) is 5.32. The number of hydrogen-bond acceptors (Lipinski definition) is 15. The third kappa shape index (κ3) is 8.84. The van der Waals surface area contributed by atoms with Gasteiger partial charge in [0.2, 0.25) is 6.23 Å². The number of halogens is 3. The summed E-state index contributed by atoms with van der Waals surface area (Å²) in [4.78, 5) is 50.2. The molecule has 6 rings (SSSR count). The van der Waals surface area contributed by atoms with Gasteiger partial charge in [0, 0.05) is 17.3 Å². The molecule has 23 heteroatoms. The first kappa shape index (κ1) is 38.3. The van der Waals surface area contributed by atoms with Gasteiger partial charge in [-0.2, -0.15) is 13.2 Å². The van der Waals surface area contributed by atoms with Crippen molar-refractivity contribution in [2.45, 2.75) is 43.6 Å². The van der Waals surface area contributed by atoms with Gasteiger partial charge in [0.25, 0.3) is 23.5 Å². The van der Waals surface area contributed by atoms with E-state index in [-0.39, 0.29) is 16.9 Å². The number of amides is 2. The van der Waals surface area contributed by atoms with Crippen molar-refractivity contribution in [3.63, 3.8) is 0 Å². The first-order chi connectivity index (χ1) is 24.3. The molecule has 3 aliphatic heterocycles. The summed E-state index contributed by atoms with van der Waals surface area (Å²) in [7, 11) is -17.9. The van der Waals surface area contributed by atoms with Crippen molar-refractivity contribution < 1.29 is 83.7 Å². The molecule has 3 aromatic carbocycles. The molecule has 0 radical (unpaired) electrons. The molecule has 1 saturated heterocycles. The van der Waals surface area contributed by atoms with E-state index in [2.05, 4.69) is 23.0 Å². The Kier molecular flexibility index (Phi) is 10.6. The number of fused-ring (bicyclic) bond motifs is 2. The number of rotatable bonds is 12. The number of ether oxygens (including phenoxy) is 2. The Balaban J connectivity index is 1.05. The van der Waals surface area contributed by atoms with E-state index in [0.29, 0.717) is 5.56 Å². The van der Waals surface area contributed by atoms with Crippen LogP contribution in [0, 0.1) is 0 Å². The minimum atomic E-state index is -6.22. The SMILES string of the molecule is O=C1NC2OC(c3cccc(C(F)(F)F)c3)=CC2=CN1[C@@H]1O[C@H](COP(=O)([O-])OP(=O)([O-])OP(=O)([O-])OCc2ccc3ccccc3c2)[C@H](O)C1O. The molecule has 3 aliphatic rings. The Morgan fingerprint density at radius 2 is 1.56 bits per heavy atom. The number of benzene rings is 3. The van der Waals surface area contributed by atoms with Gasteiger partial charge in [-0.05, 0) is 40.6 Å². The number of urea groups is 1. The van der Waals surface area contributed by atoms with Gasteiger partial charge in [-0.15, -0.1) is 0 Å². The maximum atomic E-state index is 13.2. The largest absolute Gasteiger partial charge is 0.756 e. The van der Waals surface area contributed by atoms with Crippen LogP contribution in [0.3, 0.4) is 0 Å². The van der Waals surface area contributed by atoms with Crippen LogP contribution in [0.5, 0.6) is 0 Å². The van der Waals surface area contributed by atoms with Crippen LogP contribution in [0.15, 0.2) is 84.6 Å². The van der Waals surface area contributed by atoms with Gasteiger partial charge < -0.3 is 43.4 Å². The number of carbonyl (C=O) groups excluding carboxylic acids is 1. The Morgan fingerprint density at radius 1 is 0.865 bits per heavy atom. The predicted molar refractivity (Wildman–Crippen MR) is 163 cm³/mol. The molecule has 52 heavy (non-hydrogen) atoms. The Morgan fingerprint density at radius 3 is 2.27 bits per heavy atom. The topological polar surface area (TPSA) is 249 Å². The number of nitrogens with one attached hydrogen (secondary N) is 1.